The van der Waals surface area contributed by atoms with Gasteiger partial charge in [0.1, 0.15) is 11.2 Å². The van der Waals surface area contributed by atoms with Crippen LogP contribution in [0.2, 0.25) is 0 Å². The summed E-state index contributed by atoms with van der Waals surface area (Å²) in [4.78, 5) is 2.42. The molecule has 2 nitrogen and oxygen atoms in total. The van der Waals surface area contributed by atoms with Crippen LogP contribution in [0.25, 0.3) is 99.5 Å². The number of anilines is 3. The Labute approximate surface area is 384 Å². The molecule has 0 aliphatic carbocycles. The average molecular weight is 842 g/mol. The normalized spacial score (nSPS) is 11.3. The molecule has 0 radical (unpaired) electrons. The van der Waals surface area contributed by atoms with Crippen LogP contribution in [0, 0.1) is 0 Å². The van der Waals surface area contributed by atoms with Gasteiger partial charge in [-0.2, -0.15) is 0 Å². The minimum atomic E-state index is 0.891. The lowest BCUT2D eigenvalue weighted by Crippen LogP contribution is -2.11. The largest absolute Gasteiger partial charge is 0.456 e. The summed E-state index contributed by atoms with van der Waals surface area (Å²) in [6.45, 7) is 0. The van der Waals surface area contributed by atoms with Crippen LogP contribution in [0.15, 0.2) is 265 Å². The Kier molecular flexibility index (Phi) is 9.89. The fraction of sp³-hybridized carbons (Fsp3) is 0. The second kappa shape index (κ2) is 16.8. The molecule has 12 rings (SSSR count). The van der Waals surface area contributed by atoms with E-state index in [1.54, 1.807) is 0 Å². The summed E-state index contributed by atoms with van der Waals surface area (Å²) in [6, 6.07) is 94.1. The highest BCUT2D eigenvalue weighted by atomic mass is 16.3. The van der Waals surface area contributed by atoms with E-state index in [0.29, 0.717) is 0 Å². The maximum atomic E-state index is 6.32. The molecule has 0 spiro atoms. The van der Waals surface area contributed by atoms with Gasteiger partial charge in [0, 0.05) is 27.7 Å². The Bertz CT molecular complexity index is 3690. The molecule has 11 aromatic carbocycles. The van der Waals surface area contributed by atoms with Crippen molar-refractivity contribution in [2.24, 2.45) is 0 Å². The first-order valence-corrected chi connectivity index (χ1v) is 22.6. The second-order valence-electron chi connectivity index (χ2n) is 16.8. The molecule has 66 heavy (non-hydrogen) atoms. The minimum Gasteiger partial charge on any atom is -0.456 e. The highest BCUT2D eigenvalue weighted by Crippen LogP contribution is 2.47. The van der Waals surface area contributed by atoms with Gasteiger partial charge in [0.2, 0.25) is 0 Å². The van der Waals surface area contributed by atoms with Gasteiger partial charge in [0.05, 0.1) is 5.69 Å². The Balaban J connectivity index is 1.03. The molecule has 0 aliphatic rings. The molecule has 0 fully saturated rings. The molecule has 0 aliphatic heterocycles. The van der Waals surface area contributed by atoms with E-state index in [1.165, 1.54) is 49.7 Å². The van der Waals surface area contributed by atoms with E-state index >= 15 is 0 Å². The number of benzene rings is 11. The van der Waals surface area contributed by atoms with E-state index in [4.69, 9.17) is 4.42 Å². The van der Waals surface area contributed by atoms with Crippen molar-refractivity contribution in [1.29, 1.82) is 0 Å². The molecular formula is C64H43NO. The number of hydrogen-bond donors (Lipinski definition) is 0. The minimum absolute atomic E-state index is 0.891. The molecule has 0 saturated heterocycles. The topological polar surface area (TPSA) is 16.4 Å². The van der Waals surface area contributed by atoms with Gasteiger partial charge in [-0.25, -0.2) is 0 Å². The number of rotatable bonds is 9. The van der Waals surface area contributed by atoms with Gasteiger partial charge in [-0.15, -0.1) is 0 Å². The summed E-state index contributed by atoms with van der Waals surface area (Å²) in [6.07, 6.45) is 0. The third-order valence-corrected chi connectivity index (χ3v) is 12.9. The van der Waals surface area contributed by atoms with E-state index in [1.807, 2.05) is 12.1 Å². The number of para-hydroxylation sites is 2. The standard InChI is InChI=1S/C64H43NO/c1-3-17-44(18-4-1)48-35-39-55(46-19-5-2-6-20-46)61(42-48)57-27-10-9-26-56(57)58-28-11-13-31-62(58)65(52-24-15-23-50(41-52)54-30-16-22-47-21-7-8-25-53(47)54)51-37-33-45(34-38-51)49-36-40-60-59-29-12-14-32-63(59)66-64(60)43-49/h1-43H. The van der Waals surface area contributed by atoms with E-state index in [-0.39, 0.29) is 0 Å². The quantitative estimate of drug-likeness (QED) is 0.144. The fourth-order valence-electron chi connectivity index (χ4n) is 9.72. The van der Waals surface area contributed by atoms with Crippen LogP contribution in [-0.4, -0.2) is 0 Å². The number of furan rings is 1. The van der Waals surface area contributed by atoms with Crippen LogP contribution in [-0.2, 0) is 0 Å². The van der Waals surface area contributed by atoms with Crippen LogP contribution in [0.1, 0.15) is 0 Å². The van der Waals surface area contributed by atoms with Gasteiger partial charge in [-0.3, -0.25) is 0 Å². The van der Waals surface area contributed by atoms with Gasteiger partial charge < -0.3 is 9.32 Å². The zero-order valence-corrected chi connectivity index (χ0v) is 36.2. The van der Waals surface area contributed by atoms with Crippen molar-refractivity contribution in [2.45, 2.75) is 0 Å². The predicted molar refractivity (Wildman–Crippen MR) is 279 cm³/mol. The Morgan fingerprint density at radius 2 is 0.788 bits per heavy atom. The molecule has 2 heteroatoms. The first kappa shape index (κ1) is 38.9. The molecule has 0 bridgehead atoms. The third kappa shape index (κ3) is 7.12. The number of hydrogen-bond acceptors (Lipinski definition) is 2. The molecule has 0 atom stereocenters. The van der Waals surface area contributed by atoms with Crippen LogP contribution < -0.4 is 4.90 Å². The number of fused-ring (bicyclic) bond motifs is 4. The van der Waals surface area contributed by atoms with Gasteiger partial charge >= 0.3 is 0 Å². The molecule has 0 amide bonds. The van der Waals surface area contributed by atoms with Crippen molar-refractivity contribution in [2.75, 3.05) is 4.90 Å². The Morgan fingerprint density at radius 1 is 0.242 bits per heavy atom. The van der Waals surface area contributed by atoms with Crippen molar-refractivity contribution in [1.82, 2.24) is 0 Å². The summed E-state index contributed by atoms with van der Waals surface area (Å²) < 4.78 is 6.32. The first-order chi connectivity index (χ1) is 32.7. The number of nitrogens with zero attached hydrogens (tertiary/aromatic N) is 1. The summed E-state index contributed by atoms with van der Waals surface area (Å²) in [7, 11) is 0. The summed E-state index contributed by atoms with van der Waals surface area (Å²) >= 11 is 0. The zero-order valence-electron chi connectivity index (χ0n) is 36.2. The van der Waals surface area contributed by atoms with Gasteiger partial charge in [-0.05, 0) is 127 Å². The maximum absolute atomic E-state index is 6.32. The monoisotopic (exact) mass is 841 g/mol. The van der Waals surface area contributed by atoms with Crippen molar-refractivity contribution in [3.05, 3.63) is 261 Å². The van der Waals surface area contributed by atoms with Crippen LogP contribution in [0.3, 0.4) is 0 Å². The average Bonchev–Trinajstić information content (AvgIpc) is 3.77. The molecular weight excluding hydrogens is 799 g/mol. The van der Waals surface area contributed by atoms with Crippen LogP contribution >= 0.6 is 0 Å². The lowest BCUT2D eigenvalue weighted by Gasteiger charge is -2.29. The zero-order chi connectivity index (χ0) is 43.8. The molecule has 310 valence electrons. The Morgan fingerprint density at radius 3 is 1.61 bits per heavy atom. The smallest absolute Gasteiger partial charge is 0.136 e. The van der Waals surface area contributed by atoms with Crippen LogP contribution in [0.5, 0.6) is 0 Å². The fourth-order valence-corrected chi connectivity index (χ4v) is 9.72. The summed E-state index contributed by atoms with van der Waals surface area (Å²) in [5.41, 5.74) is 19.0. The van der Waals surface area contributed by atoms with E-state index in [9.17, 15) is 0 Å². The van der Waals surface area contributed by atoms with E-state index < -0.39 is 0 Å². The van der Waals surface area contributed by atoms with Gasteiger partial charge in [0.15, 0.2) is 0 Å². The molecule has 0 N–H and O–H groups in total. The van der Waals surface area contributed by atoms with Crippen molar-refractivity contribution in [3.63, 3.8) is 0 Å². The molecule has 0 saturated carbocycles. The molecule has 0 unspecified atom stereocenters. The SMILES string of the molecule is c1ccc(-c2ccc(-c3ccccc3)c(-c3ccccc3-c3ccccc3N(c3ccc(-c4ccc5c(c4)oc4ccccc45)cc3)c3cccc(-c4cccc5ccccc45)c3)c2)cc1. The molecule has 1 heterocycles. The van der Waals surface area contributed by atoms with Gasteiger partial charge in [0.25, 0.3) is 0 Å². The second-order valence-corrected chi connectivity index (χ2v) is 16.8. The summed E-state index contributed by atoms with van der Waals surface area (Å²) in [5, 5.41) is 4.72. The van der Waals surface area contributed by atoms with E-state index in [2.05, 4.69) is 254 Å². The van der Waals surface area contributed by atoms with Crippen LogP contribution in [0.4, 0.5) is 17.1 Å². The Hall–Kier alpha value is -8.72. The highest BCUT2D eigenvalue weighted by molar-refractivity contribution is 6.06. The first-order valence-electron chi connectivity index (χ1n) is 22.6. The van der Waals surface area contributed by atoms with Crippen molar-refractivity contribution >= 4 is 49.8 Å². The maximum Gasteiger partial charge on any atom is 0.136 e. The lowest BCUT2D eigenvalue weighted by atomic mass is 9.87. The van der Waals surface area contributed by atoms with E-state index in [0.717, 1.165) is 66.8 Å². The molecule has 12 aromatic rings. The summed E-state index contributed by atoms with van der Waals surface area (Å²) in [5.74, 6) is 0. The van der Waals surface area contributed by atoms with Crippen molar-refractivity contribution < 1.29 is 4.42 Å². The highest BCUT2D eigenvalue weighted by Gasteiger charge is 2.22. The van der Waals surface area contributed by atoms with Gasteiger partial charge in [-0.1, -0.05) is 206 Å². The molecule has 1 aromatic heterocycles. The van der Waals surface area contributed by atoms with Crippen molar-refractivity contribution in [3.8, 4) is 66.8 Å². The lowest BCUT2D eigenvalue weighted by molar-refractivity contribution is 0.669. The predicted octanol–water partition coefficient (Wildman–Crippen LogP) is 18.2. The third-order valence-electron chi connectivity index (χ3n) is 12.9.